The molecule has 0 spiro atoms. The van der Waals surface area contributed by atoms with Crippen molar-refractivity contribution in [1.29, 1.82) is 0 Å². The van der Waals surface area contributed by atoms with Crippen LogP contribution < -0.4 is 4.74 Å². The molecule has 2 aliphatic rings. The van der Waals surface area contributed by atoms with Gasteiger partial charge >= 0.3 is 0 Å². The Hall–Kier alpha value is -2.77. The number of rotatable bonds is 6. The van der Waals surface area contributed by atoms with Crippen LogP contribution in [-0.4, -0.2) is 46.5 Å². The molecule has 166 valence electrons. The molecule has 2 aromatic carbocycles. The predicted octanol–water partition coefficient (Wildman–Crippen LogP) is 4.97. The number of carbonyl (C=O) groups is 3. The second-order valence-electron chi connectivity index (χ2n) is 7.66. The van der Waals surface area contributed by atoms with Gasteiger partial charge in [0.15, 0.2) is 6.61 Å². The SMILES string of the molecule is O=C(COc1ccc(/C=C2\SC(=O)N(Cc3ccccc3Cl)C2=O)cc1)N1CCCCC1. The van der Waals surface area contributed by atoms with Crippen molar-refractivity contribution >= 4 is 46.5 Å². The van der Waals surface area contributed by atoms with E-state index in [4.69, 9.17) is 16.3 Å². The molecule has 0 unspecified atom stereocenters. The molecule has 3 amide bonds. The Bertz CT molecular complexity index is 1050. The first kappa shape index (κ1) is 22.4. The van der Waals surface area contributed by atoms with Gasteiger partial charge in [-0.25, -0.2) is 0 Å². The summed E-state index contributed by atoms with van der Waals surface area (Å²) < 4.78 is 5.62. The van der Waals surface area contributed by atoms with E-state index in [2.05, 4.69) is 0 Å². The number of hydrogen-bond donors (Lipinski definition) is 0. The fourth-order valence-corrected chi connectivity index (χ4v) is 4.66. The fourth-order valence-electron chi connectivity index (χ4n) is 3.62. The minimum Gasteiger partial charge on any atom is -0.484 e. The summed E-state index contributed by atoms with van der Waals surface area (Å²) in [5, 5.41) is 0.197. The zero-order chi connectivity index (χ0) is 22.5. The van der Waals surface area contributed by atoms with Crippen LogP contribution in [0.1, 0.15) is 30.4 Å². The van der Waals surface area contributed by atoms with Crippen LogP contribution in [0.5, 0.6) is 5.75 Å². The number of thioether (sulfide) groups is 1. The molecule has 2 heterocycles. The molecule has 2 aliphatic heterocycles. The quantitative estimate of drug-likeness (QED) is 0.558. The number of carbonyl (C=O) groups excluding carboxylic acids is 3. The van der Waals surface area contributed by atoms with Crippen molar-refractivity contribution in [1.82, 2.24) is 9.80 Å². The van der Waals surface area contributed by atoms with E-state index in [-0.39, 0.29) is 30.2 Å². The lowest BCUT2D eigenvalue weighted by atomic mass is 10.1. The number of ether oxygens (including phenoxy) is 1. The largest absolute Gasteiger partial charge is 0.484 e. The second-order valence-corrected chi connectivity index (χ2v) is 9.06. The molecule has 6 nitrogen and oxygen atoms in total. The van der Waals surface area contributed by atoms with Crippen LogP contribution in [0.3, 0.4) is 0 Å². The highest BCUT2D eigenvalue weighted by molar-refractivity contribution is 8.18. The van der Waals surface area contributed by atoms with Crippen molar-refractivity contribution in [2.45, 2.75) is 25.8 Å². The Balaban J connectivity index is 1.36. The third kappa shape index (κ3) is 5.34. The Morgan fingerprint density at radius 3 is 2.47 bits per heavy atom. The van der Waals surface area contributed by atoms with Crippen molar-refractivity contribution in [3.63, 3.8) is 0 Å². The third-order valence-corrected chi connectivity index (χ3v) is 6.68. The summed E-state index contributed by atoms with van der Waals surface area (Å²) in [4.78, 5) is 40.7. The van der Waals surface area contributed by atoms with E-state index in [1.54, 1.807) is 48.5 Å². The van der Waals surface area contributed by atoms with Crippen LogP contribution in [0.2, 0.25) is 5.02 Å². The summed E-state index contributed by atoms with van der Waals surface area (Å²) in [6.45, 7) is 1.75. The van der Waals surface area contributed by atoms with Gasteiger partial charge in [-0.2, -0.15) is 0 Å². The van der Waals surface area contributed by atoms with Gasteiger partial charge < -0.3 is 9.64 Å². The smallest absolute Gasteiger partial charge is 0.293 e. The summed E-state index contributed by atoms with van der Waals surface area (Å²) >= 11 is 7.07. The van der Waals surface area contributed by atoms with Crippen molar-refractivity contribution in [2.24, 2.45) is 0 Å². The molecule has 0 saturated carbocycles. The number of halogens is 1. The highest BCUT2D eigenvalue weighted by atomic mass is 35.5. The first-order valence-corrected chi connectivity index (χ1v) is 11.7. The summed E-state index contributed by atoms with van der Waals surface area (Å²) in [5.41, 5.74) is 1.49. The topological polar surface area (TPSA) is 66.9 Å². The molecule has 0 atom stereocenters. The monoisotopic (exact) mass is 470 g/mol. The lowest BCUT2D eigenvalue weighted by Gasteiger charge is -2.26. The van der Waals surface area contributed by atoms with E-state index < -0.39 is 0 Å². The molecule has 0 aromatic heterocycles. The zero-order valence-electron chi connectivity index (χ0n) is 17.5. The number of imide groups is 1. The van der Waals surface area contributed by atoms with Gasteiger partial charge in [-0.05, 0) is 66.4 Å². The van der Waals surface area contributed by atoms with Crippen molar-refractivity contribution in [2.75, 3.05) is 19.7 Å². The number of nitrogens with zero attached hydrogens (tertiary/aromatic N) is 2. The average molecular weight is 471 g/mol. The van der Waals surface area contributed by atoms with Crippen LogP contribution in [0, 0.1) is 0 Å². The Morgan fingerprint density at radius 2 is 1.75 bits per heavy atom. The van der Waals surface area contributed by atoms with E-state index in [1.807, 2.05) is 11.0 Å². The maximum atomic E-state index is 12.7. The first-order chi connectivity index (χ1) is 15.5. The Kier molecular flexibility index (Phi) is 7.17. The third-order valence-electron chi connectivity index (χ3n) is 5.41. The number of benzene rings is 2. The molecule has 4 rings (SSSR count). The highest BCUT2D eigenvalue weighted by Gasteiger charge is 2.35. The molecule has 0 aliphatic carbocycles. The van der Waals surface area contributed by atoms with Gasteiger partial charge in [0.05, 0.1) is 11.4 Å². The van der Waals surface area contributed by atoms with Crippen LogP contribution in [0.4, 0.5) is 4.79 Å². The molecule has 0 N–H and O–H groups in total. The van der Waals surface area contributed by atoms with E-state index in [0.717, 1.165) is 48.8 Å². The molecule has 32 heavy (non-hydrogen) atoms. The normalized spacial score (nSPS) is 17.8. The van der Waals surface area contributed by atoms with Crippen LogP contribution >= 0.6 is 23.4 Å². The van der Waals surface area contributed by atoms with Crippen molar-refractivity contribution in [3.05, 3.63) is 69.6 Å². The number of piperidine rings is 1. The summed E-state index contributed by atoms with van der Waals surface area (Å²) in [6.07, 6.45) is 4.94. The Morgan fingerprint density at radius 1 is 1.03 bits per heavy atom. The van der Waals surface area contributed by atoms with Gasteiger partial charge in [0, 0.05) is 18.1 Å². The van der Waals surface area contributed by atoms with Gasteiger partial charge in [0.2, 0.25) is 0 Å². The second kappa shape index (κ2) is 10.2. The van der Waals surface area contributed by atoms with Crippen LogP contribution in [0.25, 0.3) is 6.08 Å². The minimum atomic E-state index is -0.340. The van der Waals surface area contributed by atoms with E-state index in [0.29, 0.717) is 15.7 Å². The van der Waals surface area contributed by atoms with E-state index >= 15 is 0 Å². The van der Waals surface area contributed by atoms with Gasteiger partial charge in [0.25, 0.3) is 17.1 Å². The maximum absolute atomic E-state index is 12.7. The maximum Gasteiger partial charge on any atom is 0.293 e. The zero-order valence-corrected chi connectivity index (χ0v) is 19.0. The first-order valence-electron chi connectivity index (χ1n) is 10.5. The minimum absolute atomic E-state index is 0.000898. The van der Waals surface area contributed by atoms with Crippen molar-refractivity contribution < 1.29 is 19.1 Å². The standard InChI is InChI=1S/C24H23ClN2O4S/c25-20-7-3-2-6-18(20)15-27-23(29)21(32-24(27)30)14-17-8-10-19(11-9-17)31-16-22(28)26-12-4-1-5-13-26/h2-3,6-11,14H,1,4-5,12-13,15-16H2/b21-14-. The lowest BCUT2D eigenvalue weighted by Crippen LogP contribution is -2.38. The highest BCUT2D eigenvalue weighted by Crippen LogP contribution is 2.34. The van der Waals surface area contributed by atoms with Gasteiger partial charge in [0.1, 0.15) is 5.75 Å². The number of amides is 3. The molecular formula is C24H23ClN2O4S. The number of hydrogen-bond acceptors (Lipinski definition) is 5. The molecule has 8 heteroatoms. The fraction of sp³-hybridized carbons (Fsp3) is 0.292. The van der Waals surface area contributed by atoms with Crippen molar-refractivity contribution in [3.8, 4) is 5.75 Å². The van der Waals surface area contributed by atoms with E-state index in [1.165, 1.54) is 11.3 Å². The van der Waals surface area contributed by atoms with Crippen LogP contribution in [-0.2, 0) is 16.1 Å². The summed E-state index contributed by atoms with van der Waals surface area (Å²) in [5.74, 6) is 0.243. The lowest BCUT2D eigenvalue weighted by molar-refractivity contribution is -0.134. The molecule has 2 saturated heterocycles. The van der Waals surface area contributed by atoms with Gasteiger partial charge in [-0.1, -0.05) is 41.9 Å². The average Bonchev–Trinajstić information content (AvgIpc) is 3.07. The summed E-state index contributed by atoms with van der Waals surface area (Å²) in [7, 11) is 0. The molecular weight excluding hydrogens is 448 g/mol. The van der Waals surface area contributed by atoms with Gasteiger partial charge in [-0.3, -0.25) is 19.3 Å². The molecule has 2 fully saturated rings. The molecule has 0 radical (unpaired) electrons. The van der Waals surface area contributed by atoms with Gasteiger partial charge in [-0.15, -0.1) is 0 Å². The number of likely N-dealkylation sites (tertiary alicyclic amines) is 1. The molecule has 2 aromatic rings. The van der Waals surface area contributed by atoms with E-state index in [9.17, 15) is 14.4 Å². The summed E-state index contributed by atoms with van der Waals surface area (Å²) in [6, 6.07) is 14.2. The van der Waals surface area contributed by atoms with Crippen LogP contribution in [0.15, 0.2) is 53.4 Å². The Labute approximate surface area is 196 Å². The predicted molar refractivity (Wildman–Crippen MR) is 125 cm³/mol. The molecule has 0 bridgehead atoms.